The lowest BCUT2D eigenvalue weighted by molar-refractivity contribution is 0.465. The third-order valence-electron chi connectivity index (χ3n) is 2.81. The minimum absolute atomic E-state index is 0.341. The first-order valence-electron chi connectivity index (χ1n) is 6.02. The molecule has 0 bridgehead atoms. The van der Waals surface area contributed by atoms with E-state index in [4.69, 9.17) is 10.5 Å². The van der Waals surface area contributed by atoms with Gasteiger partial charge in [0.05, 0.1) is 0 Å². The summed E-state index contributed by atoms with van der Waals surface area (Å²) in [6.07, 6.45) is 0.501. The summed E-state index contributed by atoms with van der Waals surface area (Å²) in [5.41, 5.74) is 6.97. The lowest BCUT2D eigenvalue weighted by Gasteiger charge is -2.12. The summed E-state index contributed by atoms with van der Waals surface area (Å²) >= 11 is 0. The number of aryl methyl sites for hydroxylation is 1. The summed E-state index contributed by atoms with van der Waals surface area (Å²) in [4.78, 5) is 0. The maximum Gasteiger partial charge on any atom is 0.133 e. The quantitative estimate of drug-likeness (QED) is 0.915. The van der Waals surface area contributed by atoms with Gasteiger partial charge in [-0.2, -0.15) is 0 Å². The Bertz CT molecular complexity index is 584. The van der Waals surface area contributed by atoms with Crippen molar-refractivity contribution in [3.63, 3.8) is 0 Å². The molecule has 0 aliphatic carbocycles. The maximum absolute atomic E-state index is 13.2. The van der Waals surface area contributed by atoms with Crippen LogP contribution >= 0.6 is 0 Å². The fourth-order valence-corrected chi connectivity index (χ4v) is 1.80. The van der Waals surface area contributed by atoms with E-state index in [1.807, 2.05) is 6.92 Å². The average Bonchev–Trinajstić information content (AvgIpc) is 2.37. The Morgan fingerprint density at radius 2 is 1.68 bits per heavy atom. The molecule has 100 valence electrons. The molecule has 0 aliphatic rings. The second-order valence-electron chi connectivity index (χ2n) is 4.30. The van der Waals surface area contributed by atoms with Crippen molar-refractivity contribution in [1.29, 1.82) is 0 Å². The summed E-state index contributed by atoms with van der Waals surface area (Å²) in [6.45, 7) is 2.21. The molecule has 2 N–H and O–H groups in total. The molecule has 0 aliphatic heterocycles. The Labute approximate surface area is 110 Å². The van der Waals surface area contributed by atoms with Gasteiger partial charge in [-0.25, -0.2) is 8.78 Å². The van der Waals surface area contributed by atoms with Gasteiger partial charge in [0.2, 0.25) is 0 Å². The molecule has 0 spiro atoms. The number of hydrogen-bond donors (Lipinski definition) is 1. The lowest BCUT2D eigenvalue weighted by atomic mass is 10.1. The molecular formula is C15H15F2NO. The highest BCUT2D eigenvalue weighted by Gasteiger charge is 2.08. The van der Waals surface area contributed by atoms with E-state index in [2.05, 4.69) is 0 Å². The zero-order valence-corrected chi connectivity index (χ0v) is 10.6. The van der Waals surface area contributed by atoms with Crippen LogP contribution in [0.5, 0.6) is 11.5 Å². The highest BCUT2D eigenvalue weighted by atomic mass is 19.1. The molecule has 0 radical (unpaired) electrons. The highest BCUT2D eigenvalue weighted by Crippen LogP contribution is 2.29. The number of benzene rings is 2. The molecule has 0 amide bonds. The first kappa shape index (κ1) is 13.5. The van der Waals surface area contributed by atoms with Crippen LogP contribution in [-0.4, -0.2) is 6.54 Å². The smallest absolute Gasteiger partial charge is 0.133 e. The summed E-state index contributed by atoms with van der Waals surface area (Å²) in [5.74, 6) is 0.209. The van der Waals surface area contributed by atoms with Gasteiger partial charge >= 0.3 is 0 Å². The molecular weight excluding hydrogens is 248 g/mol. The van der Waals surface area contributed by atoms with Crippen LogP contribution in [0.2, 0.25) is 0 Å². The van der Waals surface area contributed by atoms with Crippen LogP contribution in [0.4, 0.5) is 8.78 Å². The molecule has 0 saturated carbocycles. The van der Waals surface area contributed by atoms with Gasteiger partial charge in [0.1, 0.15) is 23.1 Å². The molecule has 0 aromatic heterocycles. The topological polar surface area (TPSA) is 35.2 Å². The summed E-state index contributed by atoms with van der Waals surface area (Å²) in [7, 11) is 0. The fraction of sp³-hybridized carbons (Fsp3) is 0.200. The Balaban J connectivity index is 2.34. The Hall–Kier alpha value is -1.94. The van der Waals surface area contributed by atoms with Crippen molar-refractivity contribution < 1.29 is 13.5 Å². The largest absolute Gasteiger partial charge is 0.457 e. The number of nitrogens with two attached hydrogens (primary N) is 1. The summed E-state index contributed by atoms with van der Waals surface area (Å²) in [6, 6.07) is 8.54. The van der Waals surface area contributed by atoms with Crippen LogP contribution in [0, 0.1) is 18.6 Å². The summed E-state index contributed by atoms with van der Waals surface area (Å²) in [5, 5.41) is 0. The van der Waals surface area contributed by atoms with Crippen LogP contribution in [0.3, 0.4) is 0 Å². The first-order chi connectivity index (χ1) is 9.10. The van der Waals surface area contributed by atoms with Gasteiger partial charge in [0.25, 0.3) is 0 Å². The maximum atomic E-state index is 13.2. The van der Waals surface area contributed by atoms with Crippen LogP contribution in [0.15, 0.2) is 36.4 Å². The van der Waals surface area contributed by atoms with Crippen LogP contribution in [0.25, 0.3) is 0 Å². The molecule has 0 unspecified atom stereocenters. The molecule has 0 fully saturated rings. The van der Waals surface area contributed by atoms with Gasteiger partial charge in [-0.15, -0.1) is 0 Å². The van der Waals surface area contributed by atoms with Gasteiger partial charge in [0, 0.05) is 6.07 Å². The molecule has 0 heterocycles. The molecule has 19 heavy (non-hydrogen) atoms. The van der Waals surface area contributed by atoms with Crippen molar-refractivity contribution in [2.75, 3.05) is 6.54 Å². The van der Waals surface area contributed by atoms with Gasteiger partial charge < -0.3 is 10.5 Å². The molecule has 4 heteroatoms. The first-order valence-corrected chi connectivity index (χ1v) is 6.02. The molecule has 2 aromatic carbocycles. The van der Waals surface area contributed by atoms with E-state index >= 15 is 0 Å². The van der Waals surface area contributed by atoms with E-state index in [-0.39, 0.29) is 11.6 Å². The van der Waals surface area contributed by atoms with Gasteiger partial charge in [-0.1, -0.05) is 6.07 Å². The second kappa shape index (κ2) is 5.80. The Kier molecular flexibility index (Phi) is 4.12. The van der Waals surface area contributed by atoms with Gasteiger partial charge in [0.15, 0.2) is 0 Å². The minimum Gasteiger partial charge on any atom is -0.457 e. The monoisotopic (exact) mass is 263 g/mol. The van der Waals surface area contributed by atoms with E-state index in [9.17, 15) is 8.78 Å². The van der Waals surface area contributed by atoms with E-state index in [1.54, 1.807) is 6.07 Å². The van der Waals surface area contributed by atoms with Crippen molar-refractivity contribution in [3.05, 3.63) is 59.2 Å². The predicted molar refractivity (Wildman–Crippen MR) is 70.4 cm³/mol. The average molecular weight is 263 g/mol. The second-order valence-corrected chi connectivity index (χ2v) is 4.30. The molecule has 2 nitrogen and oxygen atoms in total. The summed E-state index contributed by atoms with van der Waals surface area (Å²) < 4.78 is 32.1. The van der Waals surface area contributed by atoms with E-state index in [1.165, 1.54) is 30.3 Å². The van der Waals surface area contributed by atoms with Crippen molar-refractivity contribution in [2.24, 2.45) is 5.73 Å². The lowest BCUT2D eigenvalue weighted by Crippen LogP contribution is -2.04. The third-order valence-corrected chi connectivity index (χ3v) is 2.81. The highest BCUT2D eigenvalue weighted by molar-refractivity contribution is 5.41. The predicted octanol–water partition coefficient (Wildman–Crippen LogP) is 3.57. The fourth-order valence-electron chi connectivity index (χ4n) is 1.80. The van der Waals surface area contributed by atoms with Crippen molar-refractivity contribution >= 4 is 0 Å². The van der Waals surface area contributed by atoms with Crippen LogP contribution in [0.1, 0.15) is 11.1 Å². The molecule has 0 saturated heterocycles. The standard InChI is InChI=1S/C15H15F2NO/c1-10-2-3-13(17)9-15(10)19-14-5-4-12(16)8-11(14)6-7-18/h2-5,8-9H,6-7,18H2,1H3. The Morgan fingerprint density at radius 1 is 1.00 bits per heavy atom. The minimum atomic E-state index is -0.372. The number of rotatable bonds is 4. The number of ether oxygens (including phenoxy) is 1. The van der Waals surface area contributed by atoms with Gasteiger partial charge in [-0.3, -0.25) is 0 Å². The Morgan fingerprint density at radius 3 is 2.42 bits per heavy atom. The normalized spacial score (nSPS) is 10.5. The van der Waals surface area contributed by atoms with E-state index in [0.717, 1.165) is 5.56 Å². The van der Waals surface area contributed by atoms with Crippen molar-refractivity contribution in [1.82, 2.24) is 0 Å². The van der Waals surface area contributed by atoms with E-state index in [0.29, 0.717) is 30.0 Å². The van der Waals surface area contributed by atoms with Crippen LogP contribution < -0.4 is 10.5 Å². The SMILES string of the molecule is Cc1ccc(F)cc1Oc1ccc(F)cc1CCN. The molecule has 2 rings (SSSR count). The number of hydrogen-bond acceptors (Lipinski definition) is 2. The van der Waals surface area contributed by atoms with Gasteiger partial charge in [-0.05, 0) is 55.3 Å². The van der Waals surface area contributed by atoms with Crippen molar-refractivity contribution in [3.8, 4) is 11.5 Å². The van der Waals surface area contributed by atoms with E-state index < -0.39 is 0 Å². The molecule has 2 aromatic rings. The van der Waals surface area contributed by atoms with Crippen LogP contribution in [-0.2, 0) is 6.42 Å². The zero-order chi connectivity index (χ0) is 13.8. The third kappa shape index (κ3) is 3.29. The van der Waals surface area contributed by atoms with Crippen molar-refractivity contribution in [2.45, 2.75) is 13.3 Å². The number of halogens is 2. The molecule has 0 atom stereocenters. The zero-order valence-electron chi connectivity index (χ0n) is 10.6.